The Hall–Kier alpha value is -3.31. The molecule has 0 bridgehead atoms. The Balaban J connectivity index is 1.89. The highest BCUT2D eigenvalue weighted by molar-refractivity contribution is 7.83. The van der Waals surface area contributed by atoms with Crippen LogP contribution in [0.15, 0.2) is 84.9 Å². The first-order chi connectivity index (χ1) is 15.0. The van der Waals surface area contributed by atoms with Gasteiger partial charge >= 0.3 is 0 Å². The topological polar surface area (TPSA) is 59.1 Å². The number of amides is 1. The van der Waals surface area contributed by atoms with Crippen molar-refractivity contribution >= 4 is 27.6 Å². The fraction of sp³-hybridized carbons (Fsp3) is 0.154. The maximum Gasteiger partial charge on any atom is 0.252 e. The van der Waals surface area contributed by atoms with Crippen LogP contribution in [0.25, 0.3) is 22.2 Å². The zero-order chi connectivity index (χ0) is 21.8. The molecule has 4 aromatic rings. The van der Waals surface area contributed by atoms with Crippen LogP contribution in [-0.2, 0) is 16.6 Å². The van der Waals surface area contributed by atoms with Crippen molar-refractivity contribution in [3.8, 4) is 11.3 Å². The van der Waals surface area contributed by atoms with E-state index in [1.54, 1.807) is 6.26 Å². The molecule has 0 radical (unpaired) electrons. The van der Waals surface area contributed by atoms with Gasteiger partial charge in [-0.1, -0.05) is 78.9 Å². The SMILES string of the molecule is CC(NC(=O)c1c(CS(C)=O)c(-c2ccccc2)nc2ccccc12)c1ccccc1. The Morgan fingerprint density at radius 3 is 2.23 bits per heavy atom. The fourth-order valence-electron chi connectivity index (χ4n) is 3.78. The van der Waals surface area contributed by atoms with Gasteiger partial charge in [-0.3, -0.25) is 9.00 Å². The molecule has 4 nitrogen and oxygen atoms in total. The molecule has 2 unspecified atom stereocenters. The predicted octanol–water partition coefficient (Wildman–Crippen LogP) is 5.27. The van der Waals surface area contributed by atoms with Gasteiger partial charge in [0.15, 0.2) is 0 Å². The lowest BCUT2D eigenvalue weighted by Gasteiger charge is -2.19. The minimum Gasteiger partial charge on any atom is -0.345 e. The first-order valence-electron chi connectivity index (χ1n) is 10.2. The molecule has 0 fully saturated rings. The molecule has 0 aliphatic heterocycles. The number of nitrogens with zero attached hydrogens (tertiary/aromatic N) is 1. The first kappa shape index (κ1) is 20.9. The van der Waals surface area contributed by atoms with Gasteiger partial charge in [0.05, 0.1) is 28.6 Å². The minimum absolute atomic E-state index is 0.166. The van der Waals surface area contributed by atoms with Crippen LogP contribution in [0.3, 0.4) is 0 Å². The molecule has 1 aromatic heterocycles. The number of carbonyl (C=O) groups is 1. The number of pyridine rings is 1. The number of carbonyl (C=O) groups excluding carboxylic acids is 1. The lowest BCUT2D eigenvalue weighted by molar-refractivity contribution is 0.0941. The normalized spacial score (nSPS) is 13.0. The second-order valence-electron chi connectivity index (χ2n) is 7.52. The van der Waals surface area contributed by atoms with Crippen LogP contribution in [0.4, 0.5) is 0 Å². The summed E-state index contributed by atoms with van der Waals surface area (Å²) in [5.74, 6) is 0.0671. The van der Waals surface area contributed by atoms with Crippen molar-refractivity contribution in [2.45, 2.75) is 18.7 Å². The summed E-state index contributed by atoms with van der Waals surface area (Å²) in [5, 5.41) is 3.90. The zero-order valence-electron chi connectivity index (χ0n) is 17.5. The highest BCUT2D eigenvalue weighted by Crippen LogP contribution is 2.31. The number of rotatable bonds is 6. The number of benzene rings is 3. The summed E-state index contributed by atoms with van der Waals surface area (Å²) in [6, 6.07) is 27.1. The molecule has 1 N–H and O–H groups in total. The summed E-state index contributed by atoms with van der Waals surface area (Å²) in [6.45, 7) is 1.96. The summed E-state index contributed by atoms with van der Waals surface area (Å²) in [6.07, 6.45) is 1.65. The van der Waals surface area contributed by atoms with Crippen molar-refractivity contribution in [3.63, 3.8) is 0 Å². The van der Waals surface area contributed by atoms with Gasteiger partial charge in [-0.05, 0) is 18.6 Å². The maximum absolute atomic E-state index is 13.6. The van der Waals surface area contributed by atoms with E-state index in [0.717, 1.165) is 22.0 Å². The molecule has 0 spiro atoms. The Labute approximate surface area is 184 Å². The molecular formula is C26H24N2O2S. The van der Waals surface area contributed by atoms with E-state index in [4.69, 9.17) is 4.98 Å². The molecule has 0 aliphatic carbocycles. The predicted molar refractivity (Wildman–Crippen MR) is 127 cm³/mol. The van der Waals surface area contributed by atoms with Crippen LogP contribution in [0, 0.1) is 0 Å². The highest BCUT2D eigenvalue weighted by Gasteiger charge is 2.23. The molecule has 1 heterocycles. The molecule has 3 aromatic carbocycles. The second kappa shape index (κ2) is 9.23. The number of nitrogens with one attached hydrogen (secondary N) is 1. The molecule has 5 heteroatoms. The monoisotopic (exact) mass is 428 g/mol. The van der Waals surface area contributed by atoms with E-state index >= 15 is 0 Å². The molecule has 31 heavy (non-hydrogen) atoms. The van der Waals surface area contributed by atoms with Crippen molar-refractivity contribution in [3.05, 3.63) is 102 Å². The van der Waals surface area contributed by atoms with Gasteiger partial charge in [0.25, 0.3) is 5.91 Å². The number of hydrogen-bond acceptors (Lipinski definition) is 3. The Kier molecular flexibility index (Phi) is 6.23. The van der Waals surface area contributed by atoms with Crippen LogP contribution < -0.4 is 5.32 Å². The maximum atomic E-state index is 13.6. The van der Waals surface area contributed by atoms with Crippen molar-refractivity contribution in [2.24, 2.45) is 0 Å². The third kappa shape index (κ3) is 4.57. The van der Waals surface area contributed by atoms with Gasteiger partial charge < -0.3 is 5.32 Å². The van der Waals surface area contributed by atoms with Crippen molar-refractivity contribution in [2.75, 3.05) is 6.26 Å². The van der Waals surface area contributed by atoms with E-state index in [9.17, 15) is 9.00 Å². The second-order valence-corrected chi connectivity index (χ2v) is 8.96. The number of aromatic nitrogens is 1. The standard InChI is InChI=1S/C26H24N2O2S/c1-18(19-11-5-3-6-12-19)27-26(29)24-21-15-9-10-16-23(21)28-25(22(24)17-31(2)30)20-13-7-4-8-14-20/h3-16,18H,17H2,1-2H3,(H,27,29). The van der Waals surface area contributed by atoms with Gasteiger partial charge in [-0.25, -0.2) is 4.98 Å². The average Bonchev–Trinajstić information content (AvgIpc) is 2.79. The van der Waals surface area contributed by atoms with E-state index in [0.29, 0.717) is 16.8 Å². The Bertz CT molecular complexity index is 1240. The fourth-order valence-corrected chi connectivity index (χ4v) is 4.47. The molecule has 156 valence electrons. The van der Waals surface area contributed by atoms with Gasteiger partial charge in [0, 0.05) is 33.6 Å². The van der Waals surface area contributed by atoms with E-state index < -0.39 is 10.8 Å². The number of fused-ring (bicyclic) bond motifs is 1. The molecule has 0 saturated heterocycles. The third-order valence-electron chi connectivity index (χ3n) is 5.26. The number of hydrogen-bond donors (Lipinski definition) is 1. The minimum atomic E-state index is -1.14. The molecule has 0 saturated carbocycles. The van der Waals surface area contributed by atoms with Gasteiger partial charge in [-0.2, -0.15) is 0 Å². The summed E-state index contributed by atoms with van der Waals surface area (Å²) >= 11 is 0. The lowest BCUT2D eigenvalue weighted by atomic mass is 9.96. The average molecular weight is 429 g/mol. The summed E-state index contributed by atoms with van der Waals surface area (Å²) in [7, 11) is -1.14. The summed E-state index contributed by atoms with van der Waals surface area (Å²) < 4.78 is 12.3. The first-order valence-corrected chi connectivity index (χ1v) is 11.9. The van der Waals surface area contributed by atoms with Crippen molar-refractivity contribution < 1.29 is 9.00 Å². The molecule has 4 rings (SSSR count). The summed E-state index contributed by atoms with van der Waals surface area (Å²) in [5.41, 5.74) is 4.62. The molecule has 0 aliphatic rings. The largest absolute Gasteiger partial charge is 0.345 e. The number of para-hydroxylation sites is 1. The van der Waals surface area contributed by atoms with Crippen LogP contribution in [0.1, 0.15) is 34.5 Å². The molecular weight excluding hydrogens is 404 g/mol. The molecule has 1 amide bonds. The summed E-state index contributed by atoms with van der Waals surface area (Å²) in [4.78, 5) is 18.5. The zero-order valence-corrected chi connectivity index (χ0v) is 18.4. The van der Waals surface area contributed by atoms with E-state index in [2.05, 4.69) is 5.32 Å². The smallest absolute Gasteiger partial charge is 0.252 e. The quantitative estimate of drug-likeness (QED) is 0.455. The van der Waals surface area contributed by atoms with E-state index in [-0.39, 0.29) is 17.7 Å². The Morgan fingerprint density at radius 1 is 0.935 bits per heavy atom. The van der Waals surface area contributed by atoms with Crippen LogP contribution in [0.2, 0.25) is 0 Å². The molecule has 2 atom stereocenters. The van der Waals surface area contributed by atoms with Crippen LogP contribution in [0.5, 0.6) is 0 Å². The van der Waals surface area contributed by atoms with Gasteiger partial charge in [0.2, 0.25) is 0 Å². The van der Waals surface area contributed by atoms with Gasteiger partial charge in [-0.15, -0.1) is 0 Å². The van der Waals surface area contributed by atoms with Crippen molar-refractivity contribution in [1.82, 2.24) is 10.3 Å². The van der Waals surface area contributed by atoms with E-state index in [1.807, 2.05) is 91.9 Å². The van der Waals surface area contributed by atoms with Crippen LogP contribution >= 0.6 is 0 Å². The van der Waals surface area contributed by atoms with Crippen molar-refractivity contribution in [1.29, 1.82) is 0 Å². The lowest BCUT2D eigenvalue weighted by Crippen LogP contribution is -2.28. The third-order valence-corrected chi connectivity index (χ3v) is 5.96. The van der Waals surface area contributed by atoms with E-state index in [1.165, 1.54) is 0 Å². The van der Waals surface area contributed by atoms with Crippen LogP contribution in [-0.4, -0.2) is 21.4 Å². The Morgan fingerprint density at radius 2 is 1.55 bits per heavy atom. The highest BCUT2D eigenvalue weighted by atomic mass is 32.2. The van der Waals surface area contributed by atoms with Gasteiger partial charge in [0.1, 0.15) is 0 Å².